The Hall–Kier alpha value is -0.810. The van der Waals surface area contributed by atoms with Gasteiger partial charge in [-0.25, -0.2) is 0 Å². The maximum atomic E-state index is 6.26. The molecule has 1 aromatic carbocycles. The Morgan fingerprint density at radius 1 is 1.14 bits per heavy atom. The minimum Gasteiger partial charge on any atom is -0.385 e. The molecule has 0 aliphatic carbocycles. The molecule has 0 spiro atoms. The average Bonchev–Trinajstić information content (AvgIpc) is 2.52. The van der Waals surface area contributed by atoms with Crippen molar-refractivity contribution in [2.75, 3.05) is 64.4 Å². The van der Waals surface area contributed by atoms with E-state index in [1.807, 2.05) is 12.1 Å². The van der Waals surface area contributed by atoms with Gasteiger partial charge >= 0.3 is 0 Å². The minimum atomic E-state index is 0.837. The molecule has 1 aliphatic rings. The number of benzene rings is 1. The highest BCUT2D eigenvalue weighted by Crippen LogP contribution is 2.25. The largest absolute Gasteiger partial charge is 0.385 e. The first-order valence-corrected chi connectivity index (χ1v) is 8.10. The molecule has 1 heterocycles. The number of methoxy groups -OCH3 is 1. The second-order valence-electron chi connectivity index (χ2n) is 5.38. The fraction of sp³-hybridized carbons (Fsp3) is 0.625. The zero-order chi connectivity index (χ0) is 14.9. The van der Waals surface area contributed by atoms with Crippen molar-refractivity contribution in [2.24, 2.45) is 0 Å². The molecule has 5 heteroatoms. The van der Waals surface area contributed by atoms with Crippen molar-refractivity contribution in [3.05, 3.63) is 29.3 Å². The van der Waals surface area contributed by atoms with Crippen molar-refractivity contribution in [1.29, 1.82) is 0 Å². The highest BCUT2D eigenvalue weighted by atomic mass is 35.5. The third-order valence-electron chi connectivity index (χ3n) is 3.87. The summed E-state index contributed by atoms with van der Waals surface area (Å²) in [4.78, 5) is 4.89. The number of anilines is 1. The molecule has 1 fully saturated rings. The number of nitrogens with one attached hydrogen (secondary N) is 1. The van der Waals surface area contributed by atoms with Crippen LogP contribution >= 0.6 is 11.6 Å². The van der Waals surface area contributed by atoms with Gasteiger partial charge in [-0.05, 0) is 25.1 Å². The van der Waals surface area contributed by atoms with Crippen LogP contribution < -0.4 is 10.2 Å². The minimum absolute atomic E-state index is 0.837. The lowest BCUT2D eigenvalue weighted by atomic mass is 10.2. The Labute approximate surface area is 133 Å². The molecule has 118 valence electrons. The summed E-state index contributed by atoms with van der Waals surface area (Å²) in [6.45, 7) is 8.34. The van der Waals surface area contributed by atoms with Gasteiger partial charge in [0.05, 0.1) is 10.7 Å². The van der Waals surface area contributed by atoms with Crippen molar-refractivity contribution in [2.45, 2.75) is 6.42 Å². The van der Waals surface area contributed by atoms with Gasteiger partial charge in [-0.15, -0.1) is 0 Å². The SMILES string of the molecule is COCCCNCCN1CCN(c2ccccc2Cl)CC1. The van der Waals surface area contributed by atoms with E-state index in [1.165, 1.54) is 0 Å². The van der Waals surface area contributed by atoms with Crippen LogP contribution in [0.4, 0.5) is 5.69 Å². The van der Waals surface area contributed by atoms with Crippen LogP contribution in [-0.4, -0.2) is 64.4 Å². The van der Waals surface area contributed by atoms with Crippen LogP contribution in [0.2, 0.25) is 5.02 Å². The van der Waals surface area contributed by atoms with Gasteiger partial charge in [0.15, 0.2) is 0 Å². The van der Waals surface area contributed by atoms with Crippen LogP contribution in [0.1, 0.15) is 6.42 Å². The van der Waals surface area contributed by atoms with Gasteiger partial charge in [0.25, 0.3) is 0 Å². The van der Waals surface area contributed by atoms with Gasteiger partial charge in [-0.1, -0.05) is 23.7 Å². The third-order valence-corrected chi connectivity index (χ3v) is 4.19. The molecule has 4 nitrogen and oxygen atoms in total. The molecule has 1 N–H and O–H groups in total. The third kappa shape index (κ3) is 5.47. The van der Waals surface area contributed by atoms with Gasteiger partial charge < -0.3 is 15.0 Å². The number of rotatable bonds is 8. The normalized spacial score (nSPS) is 16.4. The summed E-state index contributed by atoms with van der Waals surface area (Å²) >= 11 is 6.26. The van der Waals surface area contributed by atoms with E-state index in [0.29, 0.717) is 0 Å². The van der Waals surface area contributed by atoms with Crippen LogP contribution in [0, 0.1) is 0 Å². The van der Waals surface area contributed by atoms with Gasteiger partial charge in [-0.2, -0.15) is 0 Å². The zero-order valence-electron chi connectivity index (χ0n) is 12.9. The smallest absolute Gasteiger partial charge is 0.0639 e. The van der Waals surface area contributed by atoms with Gasteiger partial charge in [0, 0.05) is 53.0 Å². The van der Waals surface area contributed by atoms with Crippen LogP contribution in [0.25, 0.3) is 0 Å². The lowest BCUT2D eigenvalue weighted by Crippen LogP contribution is -2.48. The molecular weight excluding hydrogens is 286 g/mol. The average molecular weight is 312 g/mol. The highest BCUT2D eigenvalue weighted by molar-refractivity contribution is 6.33. The summed E-state index contributed by atoms with van der Waals surface area (Å²) < 4.78 is 5.04. The molecule has 1 aromatic rings. The van der Waals surface area contributed by atoms with E-state index in [0.717, 1.165) is 69.6 Å². The molecule has 0 saturated carbocycles. The predicted octanol–water partition coefficient (Wildman–Crippen LogP) is 2.09. The van der Waals surface area contributed by atoms with E-state index in [2.05, 4.69) is 27.2 Å². The molecule has 1 aliphatic heterocycles. The second-order valence-corrected chi connectivity index (χ2v) is 5.78. The first kappa shape index (κ1) is 16.6. The molecule has 0 bridgehead atoms. The summed E-state index contributed by atoms with van der Waals surface area (Å²) in [6, 6.07) is 8.11. The van der Waals surface area contributed by atoms with E-state index in [-0.39, 0.29) is 0 Å². The van der Waals surface area contributed by atoms with Crippen molar-refractivity contribution in [3.8, 4) is 0 Å². The van der Waals surface area contributed by atoms with Crippen molar-refractivity contribution < 1.29 is 4.74 Å². The van der Waals surface area contributed by atoms with Crippen LogP contribution in [-0.2, 0) is 4.74 Å². The summed E-state index contributed by atoms with van der Waals surface area (Å²) in [5.74, 6) is 0. The maximum absolute atomic E-state index is 6.26. The second kappa shape index (κ2) is 9.26. The fourth-order valence-electron chi connectivity index (χ4n) is 2.62. The Balaban J connectivity index is 1.63. The number of ether oxygens (including phenoxy) is 1. The van der Waals surface area contributed by atoms with E-state index in [1.54, 1.807) is 7.11 Å². The first-order chi connectivity index (χ1) is 10.3. The van der Waals surface area contributed by atoms with Crippen LogP contribution in [0.3, 0.4) is 0 Å². The maximum Gasteiger partial charge on any atom is 0.0639 e. The molecule has 0 amide bonds. The molecular formula is C16H26ClN3O. The van der Waals surface area contributed by atoms with E-state index < -0.39 is 0 Å². The number of hydrogen-bond donors (Lipinski definition) is 1. The Kier molecular flexibility index (Phi) is 7.30. The summed E-state index contributed by atoms with van der Waals surface area (Å²) in [6.07, 6.45) is 1.08. The quantitative estimate of drug-likeness (QED) is 0.744. The lowest BCUT2D eigenvalue weighted by molar-refractivity contribution is 0.193. The summed E-state index contributed by atoms with van der Waals surface area (Å²) in [7, 11) is 1.75. The zero-order valence-corrected chi connectivity index (χ0v) is 13.6. The van der Waals surface area contributed by atoms with Crippen molar-refractivity contribution >= 4 is 17.3 Å². The van der Waals surface area contributed by atoms with Gasteiger partial charge in [0.2, 0.25) is 0 Å². The van der Waals surface area contributed by atoms with Crippen molar-refractivity contribution in [3.63, 3.8) is 0 Å². The standard InChI is InChI=1S/C16H26ClN3O/c1-21-14-4-7-18-8-9-19-10-12-20(13-11-19)16-6-3-2-5-15(16)17/h2-3,5-6,18H,4,7-14H2,1H3. The van der Waals surface area contributed by atoms with Crippen LogP contribution in [0.5, 0.6) is 0 Å². The molecule has 2 rings (SSSR count). The number of halogens is 1. The Morgan fingerprint density at radius 2 is 1.90 bits per heavy atom. The van der Waals surface area contributed by atoms with Gasteiger partial charge in [0.1, 0.15) is 0 Å². The first-order valence-electron chi connectivity index (χ1n) is 7.73. The lowest BCUT2D eigenvalue weighted by Gasteiger charge is -2.36. The fourth-order valence-corrected chi connectivity index (χ4v) is 2.88. The molecule has 21 heavy (non-hydrogen) atoms. The number of para-hydroxylation sites is 1. The molecule has 0 unspecified atom stereocenters. The Morgan fingerprint density at radius 3 is 2.62 bits per heavy atom. The Bertz CT molecular complexity index is 408. The summed E-state index contributed by atoms with van der Waals surface area (Å²) in [5, 5.41) is 4.32. The monoisotopic (exact) mass is 311 g/mol. The van der Waals surface area contributed by atoms with Crippen LogP contribution in [0.15, 0.2) is 24.3 Å². The molecule has 1 saturated heterocycles. The summed E-state index contributed by atoms with van der Waals surface area (Å²) in [5.41, 5.74) is 1.16. The number of piperazine rings is 1. The molecule has 0 radical (unpaired) electrons. The van der Waals surface area contributed by atoms with E-state index in [4.69, 9.17) is 16.3 Å². The predicted molar refractivity (Wildman–Crippen MR) is 89.5 cm³/mol. The van der Waals surface area contributed by atoms with Crippen molar-refractivity contribution in [1.82, 2.24) is 10.2 Å². The molecule has 0 aromatic heterocycles. The van der Waals surface area contributed by atoms with E-state index >= 15 is 0 Å². The number of nitrogens with zero attached hydrogens (tertiary/aromatic N) is 2. The van der Waals surface area contributed by atoms with E-state index in [9.17, 15) is 0 Å². The number of hydrogen-bond acceptors (Lipinski definition) is 4. The highest BCUT2D eigenvalue weighted by Gasteiger charge is 2.17. The molecule has 0 atom stereocenters. The topological polar surface area (TPSA) is 27.7 Å². The van der Waals surface area contributed by atoms with Gasteiger partial charge in [-0.3, -0.25) is 4.90 Å².